The van der Waals surface area contributed by atoms with Gasteiger partial charge in [0, 0.05) is 0 Å². The Morgan fingerprint density at radius 2 is 1.71 bits per heavy atom. The number of aryl methyl sites for hydroxylation is 1. The number of benzene rings is 1. The quantitative estimate of drug-likeness (QED) is 0.549. The molecular formula is C14H15F2Zr. The van der Waals surface area contributed by atoms with Crippen molar-refractivity contribution in [1.82, 2.24) is 0 Å². The summed E-state index contributed by atoms with van der Waals surface area (Å²) >= 11 is 0. The SMILES string of the molecule is [C-]1=CC(CCCc2ccccc2)=CC1.[F-].[F-].[Zr+3]. The van der Waals surface area contributed by atoms with Gasteiger partial charge < -0.3 is 9.41 Å². The number of hydrogen-bond acceptors (Lipinski definition) is 0. The second kappa shape index (κ2) is 10.6. The molecule has 0 amide bonds. The zero-order valence-corrected chi connectivity index (χ0v) is 12.1. The van der Waals surface area contributed by atoms with Crippen LogP contribution in [0.25, 0.3) is 0 Å². The van der Waals surface area contributed by atoms with Gasteiger partial charge in [0.15, 0.2) is 0 Å². The van der Waals surface area contributed by atoms with E-state index >= 15 is 0 Å². The van der Waals surface area contributed by atoms with Crippen molar-refractivity contribution in [2.45, 2.75) is 25.7 Å². The molecule has 0 heterocycles. The molecule has 3 heteroatoms. The fourth-order valence-corrected chi connectivity index (χ4v) is 1.75. The fourth-order valence-electron chi connectivity index (χ4n) is 1.75. The van der Waals surface area contributed by atoms with Crippen LogP contribution in [0.3, 0.4) is 0 Å². The van der Waals surface area contributed by atoms with Gasteiger partial charge in [0.05, 0.1) is 0 Å². The van der Waals surface area contributed by atoms with Crippen LogP contribution in [0.1, 0.15) is 24.8 Å². The van der Waals surface area contributed by atoms with Crippen LogP contribution in [0.2, 0.25) is 0 Å². The van der Waals surface area contributed by atoms with Crippen LogP contribution < -0.4 is 9.41 Å². The third kappa shape index (κ3) is 6.68. The second-order valence-corrected chi connectivity index (χ2v) is 3.67. The van der Waals surface area contributed by atoms with E-state index in [0.29, 0.717) is 0 Å². The summed E-state index contributed by atoms with van der Waals surface area (Å²) in [4.78, 5) is 0. The van der Waals surface area contributed by atoms with Crippen LogP contribution >= 0.6 is 0 Å². The molecule has 0 aromatic heterocycles. The molecule has 0 bridgehead atoms. The van der Waals surface area contributed by atoms with E-state index in [1.165, 1.54) is 30.4 Å². The topological polar surface area (TPSA) is 0 Å². The molecule has 0 saturated heterocycles. The van der Waals surface area contributed by atoms with Gasteiger partial charge in [0.25, 0.3) is 0 Å². The van der Waals surface area contributed by atoms with Gasteiger partial charge in [-0.15, -0.1) is 6.42 Å². The summed E-state index contributed by atoms with van der Waals surface area (Å²) in [5, 5.41) is 0. The van der Waals surface area contributed by atoms with Gasteiger partial charge >= 0.3 is 26.2 Å². The van der Waals surface area contributed by atoms with Gasteiger partial charge in [0.2, 0.25) is 0 Å². The molecule has 0 N–H and O–H groups in total. The van der Waals surface area contributed by atoms with E-state index in [2.05, 4.69) is 48.6 Å². The summed E-state index contributed by atoms with van der Waals surface area (Å²) < 4.78 is 0. The first kappa shape index (κ1) is 18.8. The van der Waals surface area contributed by atoms with Gasteiger partial charge in [0.1, 0.15) is 0 Å². The normalized spacial score (nSPS) is 11.9. The molecule has 0 saturated carbocycles. The van der Waals surface area contributed by atoms with Crippen molar-refractivity contribution >= 4 is 0 Å². The average molecular weight is 312 g/mol. The number of allylic oxidation sites excluding steroid dienone is 4. The summed E-state index contributed by atoms with van der Waals surface area (Å²) in [6.07, 6.45) is 12.2. The predicted octanol–water partition coefficient (Wildman–Crippen LogP) is -2.30. The number of halogens is 2. The molecule has 1 aliphatic carbocycles. The largest absolute Gasteiger partial charge is 3.00 e. The Bertz CT molecular complexity index is 344. The second-order valence-electron chi connectivity index (χ2n) is 3.67. The first-order valence-corrected chi connectivity index (χ1v) is 5.25. The van der Waals surface area contributed by atoms with E-state index in [0.717, 1.165) is 6.42 Å². The Morgan fingerprint density at radius 1 is 1.00 bits per heavy atom. The van der Waals surface area contributed by atoms with Gasteiger partial charge in [-0.1, -0.05) is 43.2 Å². The maximum Gasteiger partial charge on any atom is 3.00 e. The first-order chi connectivity index (χ1) is 6.95. The van der Waals surface area contributed by atoms with Crippen LogP contribution in [0, 0.1) is 6.08 Å². The molecule has 17 heavy (non-hydrogen) atoms. The molecule has 0 nitrogen and oxygen atoms in total. The zero-order chi connectivity index (χ0) is 9.64. The summed E-state index contributed by atoms with van der Waals surface area (Å²) in [5.41, 5.74) is 2.90. The van der Waals surface area contributed by atoms with E-state index in [1.54, 1.807) is 0 Å². The molecule has 89 valence electrons. The van der Waals surface area contributed by atoms with E-state index in [-0.39, 0.29) is 35.6 Å². The molecule has 0 aliphatic heterocycles. The van der Waals surface area contributed by atoms with Crippen molar-refractivity contribution < 1.29 is 35.6 Å². The molecule has 0 fully saturated rings. The smallest absolute Gasteiger partial charge is 1.00 e. The minimum Gasteiger partial charge on any atom is -1.00 e. The van der Waals surface area contributed by atoms with Gasteiger partial charge in [-0.2, -0.15) is 6.08 Å². The van der Waals surface area contributed by atoms with Crippen LogP contribution in [-0.2, 0) is 32.6 Å². The first-order valence-electron chi connectivity index (χ1n) is 5.25. The maximum absolute atomic E-state index is 3.20. The van der Waals surface area contributed by atoms with Crippen molar-refractivity contribution in [1.29, 1.82) is 0 Å². The molecule has 1 aromatic rings. The third-order valence-electron chi connectivity index (χ3n) is 2.54. The Balaban J connectivity index is 0. The Morgan fingerprint density at radius 3 is 2.29 bits per heavy atom. The van der Waals surface area contributed by atoms with Gasteiger partial charge in [-0.05, 0) is 12.0 Å². The average Bonchev–Trinajstić information content (AvgIpc) is 2.72. The summed E-state index contributed by atoms with van der Waals surface area (Å²) in [7, 11) is 0. The van der Waals surface area contributed by atoms with Crippen molar-refractivity contribution in [3.63, 3.8) is 0 Å². The predicted molar refractivity (Wildman–Crippen MR) is 59.9 cm³/mol. The van der Waals surface area contributed by atoms with Crippen molar-refractivity contribution in [2.24, 2.45) is 0 Å². The van der Waals surface area contributed by atoms with E-state index in [9.17, 15) is 0 Å². The van der Waals surface area contributed by atoms with Crippen molar-refractivity contribution in [2.75, 3.05) is 0 Å². The molecular weight excluding hydrogens is 297 g/mol. The molecule has 1 aromatic carbocycles. The Hall–Kier alpha value is -0.557. The van der Waals surface area contributed by atoms with Crippen molar-refractivity contribution in [3.8, 4) is 0 Å². The van der Waals surface area contributed by atoms with Crippen molar-refractivity contribution in [3.05, 3.63) is 59.7 Å². The van der Waals surface area contributed by atoms with Crippen LogP contribution in [0.4, 0.5) is 0 Å². The minimum atomic E-state index is 0. The number of hydrogen-bond donors (Lipinski definition) is 0. The number of rotatable bonds is 4. The molecule has 0 atom stereocenters. The summed E-state index contributed by atoms with van der Waals surface area (Å²) in [6, 6.07) is 10.7. The molecule has 0 unspecified atom stereocenters. The molecule has 1 radical (unpaired) electrons. The summed E-state index contributed by atoms with van der Waals surface area (Å²) in [6.45, 7) is 0. The summed E-state index contributed by atoms with van der Waals surface area (Å²) in [5.74, 6) is 0. The fraction of sp³-hybridized carbons (Fsp3) is 0.286. The standard InChI is InChI=1S/C14H15.2FH.Zr/c1-2-7-13(8-3-1)11-6-12-14-9-4-5-10-14;;;/h1-3,7-10H,4,6,11-12H2;2*1H;/q-1;;;+3/p-2. The van der Waals surface area contributed by atoms with Crippen LogP contribution in [0.15, 0.2) is 48.1 Å². The van der Waals surface area contributed by atoms with E-state index in [4.69, 9.17) is 0 Å². The maximum atomic E-state index is 3.20. The molecule has 1 aliphatic rings. The third-order valence-corrected chi connectivity index (χ3v) is 2.54. The van der Waals surface area contributed by atoms with Crippen LogP contribution in [-0.4, -0.2) is 0 Å². The van der Waals surface area contributed by atoms with Gasteiger partial charge in [-0.25, -0.2) is 11.6 Å². The Kier molecular flexibility index (Phi) is 11.7. The van der Waals surface area contributed by atoms with E-state index in [1.807, 2.05) is 0 Å². The molecule has 0 spiro atoms. The Labute approximate surface area is 121 Å². The minimum absolute atomic E-state index is 0. The molecule has 2 rings (SSSR count). The van der Waals surface area contributed by atoms with Gasteiger partial charge in [-0.3, -0.25) is 6.08 Å². The monoisotopic (exact) mass is 311 g/mol. The zero-order valence-electron chi connectivity index (χ0n) is 9.63. The van der Waals surface area contributed by atoms with Crippen LogP contribution in [0.5, 0.6) is 0 Å². The van der Waals surface area contributed by atoms with E-state index < -0.39 is 0 Å².